The molecule has 3 aromatic rings. The van der Waals surface area contributed by atoms with Crippen LogP contribution in [0.5, 0.6) is 11.5 Å². The topological polar surface area (TPSA) is 51.7 Å². The monoisotopic (exact) mass is 386 g/mol. The van der Waals surface area contributed by atoms with Crippen LogP contribution in [0.1, 0.15) is 17.4 Å². The molecule has 3 heterocycles. The molecule has 1 aliphatic heterocycles. The molecule has 26 heavy (non-hydrogen) atoms. The van der Waals surface area contributed by atoms with E-state index in [1.165, 1.54) is 11.3 Å². The number of hydrogen-bond donors (Lipinski definition) is 0. The number of para-hydroxylation sites is 2. The second kappa shape index (κ2) is 7.47. The number of thiophene rings is 1. The largest absolute Gasteiger partial charge is 0.486 e. The third-order valence-electron chi connectivity index (χ3n) is 4.15. The molecule has 134 valence electrons. The van der Waals surface area contributed by atoms with Gasteiger partial charge in [-0.1, -0.05) is 12.1 Å². The number of carbonyl (C=O) groups is 1. The van der Waals surface area contributed by atoms with Crippen LogP contribution in [0.2, 0.25) is 0 Å². The van der Waals surface area contributed by atoms with Gasteiger partial charge in [-0.05, 0) is 30.5 Å². The molecule has 1 amide bonds. The van der Waals surface area contributed by atoms with E-state index in [2.05, 4.69) is 4.98 Å². The summed E-state index contributed by atoms with van der Waals surface area (Å²) in [6.07, 6.45) is -0.191. The molecule has 2 aromatic heterocycles. The minimum atomic E-state index is -0.191. The molecular weight excluding hydrogens is 368 g/mol. The van der Waals surface area contributed by atoms with Crippen LogP contribution in [0.3, 0.4) is 0 Å². The zero-order valence-corrected chi connectivity index (χ0v) is 15.9. The fourth-order valence-corrected chi connectivity index (χ4v) is 4.31. The third kappa shape index (κ3) is 3.45. The van der Waals surface area contributed by atoms with Crippen molar-refractivity contribution in [1.82, 2.24) is 9.88 Å². The van der Waals surface area contributed by atoms with Crippen molar-refractivity contribution in [1.29, 1.82) is 0 Å². The summed E-state index contributed by atoms with van der Waals surface area (Å²) < 4.78 is 11.7. The Morgan fingerprint density at radius 1 is 1.27 bits per heavy atom. The number of aromatic nitrogens is 1. The predicted molar refractivity (Wildman–Crippen MR) is 103 cm³/mol. The molecule has 0 saturated heterocycles. The maximum absolute atomic E-state index is 12.9. The molecule has 4 rings (SSSR count). The smallest absolute Gasteiger partial charge is 0.273 e. The summed E-state index contributed by atoms with van der Waals surface area (Å²) in [5.74, 6) is 1.39. The van der Waals surface area contributed by atoms with Crippen molar-refractivity contribution in [3.63, 3.8) is 0 Å². The van der Waals surface area contributed by atoms with E-state index in [0.29, 0.717) is 25.4 Å². The Morgan fingerprint density at radius 2 is 2.12 bits per heavy atom. The SMILES string of the molecule is CCN(CC1COc2ccccc2O1)C(=O)c1csc(-c2ccsc2)n1. The second-order valence-electron chi connectivity index (χ2n) is 5.89. The van der Waals surface area contributed by atoms with Crippen LogP contribution in [-0.4, -0.2) is 41.6 Å². The number of ether oxygens (including phenoxy) is 2. The molecule has 1 aromatic carbocycles. The van der Waals surface area contributed by atoms with Crippen LogP contribution in [-0.2, 0) is 0 Å². The average molecular weight is 386 g/mol. The van der Waals surface area contributed by atoms with E-state index < -0.39 is 0 Å². The lowest BCUT2D eigenvalue weighted by molar-refractivity contribution is 0.0472. The Bertz CT molecular complexity index is 892. The van der Waals surface area contributed by atoms with Crippen molar-refractivity contribution in [2.75, 3.05) is 19.7 Å². The number of thiazole rings is 1. The van der Waals surface area contributed by atoms with E-state index in [9.17, 15) is 4.79 Å². The quantitative estimate of drug-likeness (QED) is 0.660. The van der Waals surface area contributed by atoms with E-state index in [1.54, 1.807) is 16.2 Å². The fraction of sp³-hybridized carbons (Fsp3) is 0.263. The van der Waals surface area contributed by atoms with Gasteiger partial charge in [-0.2, -0.15) is 11.3 Å². The molecule has 0 aliphatic carbocycles. The molecule has 1 unspecified atom stereocenters. The predicted octanol–water partition coefficient (Wildman–Crippen LogP) is 4.17. The van der Waals surface area contributed by atoms with Crippen molar-refractivity contribution in [2.45, 2.75) is 13.0 Å². The van der Waals surface area contributed by atoms with Gasteiger partial charge in [-0.25, -0.2) is 4.98 Å². The summed E-state index contributed by atoms with van der Waals surface area (Å²) in [7, 11) is 0. The molecule has 1 atom stereocenters. The number of hydrogen-bond acceptors (Lipinski definition) is 6. The van der Waals surface area contributed by atoms with E-state index in [-0.39, 0.29) is 12.0 Å². The van der Waals surface area contributed by atoms with Gasteiger partial charge in [-0.3, -0.25) is 4.79 Å². The highest BCUT2D eigenvalue weighted by atomic mass is 32.1. The van der Waals surface area contributed by atoms with Gasteiger partial charge in [-0.15, -0.1) is 11.3 Å². The van der Waals surface area contributed by atoms with E-state index in [0.717, 1.165) is 22.1 Å². The van der Waals surface area contributed by atoms with Crippen LogP contribution in [0.4, 0.5) is 0 Å². The van der Waals surface area contributed by atoms with E-state index in [1.807, 2.05) is 53.4 Å². The first kappa shape index (κ1) is 17.1. The molecule has 0 saturated carbocycles. The summed E-state index contributed by atoms with van der Waals surface area (Å²) in [4.78, 5) is 19.1. The van der Waals surface area contributed by atoms with E-state index >= 15 is 0 Å². The lowest BCUT2D eigenvalue weighted by atomic mass is 10.2. The lowest BCUT2D eigenvalue weighted by Crippen LogP contribution is -2.43. The second-order valence-corrected chi connectivity index (χ2v) is 7.53. The van der Waals surface area contributed by atoms with Gasteiger partial charge in [0.2, 0.25) is 0 Å². The summed E-state index contributed by atoms with van der Waals surface area (Å²) in [5, 5.41) is 6.74. The summed E-state index contributed by atoms with van der Waals surface area (Å²) in [6.45, 7) is 3.44. The Kier molecular flexibility index (Phi) is 4.90. The third-order valence-corrected chi connectivity index (χ3v) is 5.73. The first-order chi connectivity index (χ1) is 12.7. The summed E-state index contributed by atoms with van der Waals surface area (Å²) >= 11 is 3.11. The van der Waals surface area contributed by atoms with Crippen LogP contribution in [0.15, 0.2) is 46.5 Å². The molecular formula is C19H18N2O3S2. The van der Waals surface area contributed by atoms with Crippen LogP contribution >= 0.6 is 22.7 Å². The van der Waals surface area contributed by atoms with Crippen LogP contribution < -0.4 is 9.47 Å². The van der Waals surface area contributed by atoms with Crippen molar-refractivity contribution < 1.29 is 14.3 Å². The van der Waals surface area contributed by atoms with Crippen molar-refractivity contribution in [2.24, 2.45) is 0 Å². The number of fused-ring (bicyclic) bond motifs is 1. The minimum absolute atomic E-state index is 0.0762. The van der Waals surface area contributed by atoms with E-state index in [4.69, 9.17) is 9.47 Å². The standard InChI is InChI=1S/C19H18N2O3S2/c1-2-21(9-14-10-23-16-5-3-4-6-17(16)24-14)19(22)15-12-26-18(20-15)13-7-8-25-11-13/h3-8,11-12,14H,2,9-10H2,1H3. The number of carbonyl (C=O) groups excluding carboxylic acids is 1. The van der Waals surface area contributed by atoms with Gasteiger partial charge < -0.3 is 14.4 Å². The molecule has 0 N–H and O–H groups in total. The summed E-state index contributed by atoms with van der Waals surface area (Å²) in [5.41, 5.74) is 1.54. The first-order valence-electron chi connectivity index (χ1n) is 8.40. The molecule has 0 fully saturated rings. The average Bonchev–Trinajstić information content (AvgIpc) is 3.36. The lowest BCUT2D eigenvalue weighted by Gasteiger charge is -2.30. The Hall–Kier alpha value is -2.38. The maximum atomic E-state index is 12.9. The van der Waals surface area contributed by atoms with Gasteiger partial charge in [0.05, 0.1) is 6.54 Å². The van der Waals surface area contributed by atoms with Crippen LogP contribution in [0.25, 0.3) is 10.6 Å². The van der Waals surface area contributed by atoms with Gasteiger partial charge in [0.1, 0.15) is 17.3 Å². The highest BCUT2D eigenvalue weighted by Crippen LogP contribution is 2.31. The van der Waals surface area contributed by atoms with Gasteiger partial charge in [0, 0.05) is 22.9 Å². The van der Waals surface area contributed by atoms with Gasteiger partial charge >= 0.3 is 0 Å². The maximum Gasteiger partial charge on any atom is 0.273 e. The molecule has 0 spiro atoms. The number of amides is 1. The van der Waals surface area contributed by atoms with Crippen LogP contribution in [0, 0.1) is 0 Å². The summed E-state index contributed by atoms with van der Waals surface area (Å²) in [6, 6.07) is 9.61. The fourth-order valence-electron chi connectivity index (χ4n) is 2.81. The molecule has 5 nitrogen and oxygen atoms in total. The number of nitrogens with zero attached hydrogens (tertiary/aromatic N) is 2. The highest BCUT2D eigenvalue weighted by molar-refractivity contribution is 7.14. The van der Waals surface area contributed by atoms with Gasteiger partial charge in [0.25, 0.3) is 5.91 Å². The molecule has 0 radical (unpaired) electrons. The van der Waals surface area contributed by atoms with Crippen molar-refractivity contribution in [3.05, 3.63) is 52.2 Å². The van der Waals surface area contributed by atoms with Crippen molar-refractivity contribution in [3.8, 4) is 22.1 Å². The highest BCUT2D eigenvalue weighted by Gasteiger charge is 2.26. The molecule has 7 heteroatoms. The zero-order valence-electron chi connectivity index (χ0n) is 14.3. The number of rotatable bonds is 5. The number of likely N-dealkylation sites (N-methyl/N-ethyl adjacent to an activating group) is 1. The molecule has 1 aliphatic rings. The molecule has 0 bridgehead atoms. The first-order valence-corrected chi connectivity index (χ1v) is 10.2. The zero-order chi connectivity index (χ0) is 17.9. The Balaban J connectivity index is 1.45. The minimum Gasteiger partial charge on any atom is -0.486 e. The van der Waals surface area contributed by atoms with Crippen molar-refractivity contribution >= 4 is 28.6 Å². The Labute approximate surface area is 159 Å². The Morgan fingerprint density at radius 3 is 2.88 bits per heavy atom. The number of benzene rings is 1. The van der Waals surface area contributed by atoms with Gasteiger partial charge in [0.15, 0.2) is 17.6 Å². The normalized spacial score (nSPS) is 15.7.